The average molecular weight is 371 g/mol. The number of Topliss-reactive ketones (excluding diaryl/α,β-unsaturated/α-hetero) is 1. The van der Waals surface area contributed by atoms with Gasteiger partial charge >= 0.3 is 0 Å². The summed E-state index contributed by atoms with van der Waals surface area (Å²) in [5.74, 6) is 0.782. The molecule has 3 heterocycles. The number of hydrogen-bond acceptors (Lipinski definition) is 4. The maximum atomic E-state index is 12.7. The zero-order valence-electron chi connectivity index (χ0n) is 16.7. The van der Waals surface area contributed by atoms with Gasteiger partial charge in [0.15, 0.2) is 5.78 Å². The lowest BCUT2D eigenvalue weighted by Gasteiger charge is -2.33. The van der Waals surface area contributed by atoms with Crippen LogP contribution in [0.25, 0.3) is 0 Å². The second kappa shape index (κ2) is 8.06. The Morgan fingerprint density at radius 1 is 1.26 bits per heavy atom. The first-order chi connectivity index (χ1) is 12.9. The number of likely N-dealkylation sites (tertiary alicyclic amines) is 1. The highest BCUT2D eigenvalue weighted by Crippen LogP contribution is 2.23. The van der Waals surface area contributed by atoms with Crippen LogP contribution in [-0.4, -0.2) is 49.0 Å². The molecule has 0 unspecified atom stereocenters. The Hall–Kier alpha value is -2.44. The molecule has 1 saturated heterocycles. The van der Waals surface area contributed by atoms with Crippen LogP contribution in [-0.2, 0) is 11.3 Å². The molecule has 0 spiro atoms. The second-order valence-electron chi connectivity index (χ2n) is 7.68. The topological polar surface area (TPSA) is 73.0 Å². The minimum absolute atomic E-state index is 0.0229. The number of carbonyl (C=O) groups is 2. The van der Waals surface area contributed by atoms with E-state index in [2.05, 4.69) is 14.6 Å². The van der Waals surface area contributed by atoms with E-state index in [0.29, 0.717) is 17.9 Å². The molecule has 1 aliphatic heterocycles. The molecule has 7 heteroatoms. The monoisotopic (exact) mass is 371 g/mol. The summed E-state index contributed by atoms with van der Waals surface area (Å²) in [5.41, 5.74) is 2.26. The smallest absolute Gasteiger partial charge is 0.224 e. The summed E-state index contributed by atoms with van der Waals surface area (Å²) in [6, 6.07) is -0.0621. The minimum Gasteiger partial charge on any atom is -0.343 e. The van der Waals surface area contributed by atoms with Crippen LogP contribution < -0.4 is 0 Å². The largest absolute Gasteiger partial charge is 0.343 e. The van der Waals surface area contributed by atoms with Crippen LogP contribution >= 0.6 is 0 Å². The molecule has 27 heavy (non-hydrogen) atoms. The highest BCUT2D eigenvalue weighted by molar-refractivity contribution is 5.96. The van der Waals surface area contributed by atoms with Gasteiger partial charge in [-0.2, -0.15) is 5.10 Å². The number of hydrogen-bond donors (Lipinski definition) is 0. The molecular weight excluding hydrogens is 342 g/mol. The van der Waals surface area contributed by atoms with E-state index in [1.807, 2.05) is 42.9 Å². The van der Waals surface area contributed by atoms with Crippen LogP contribution in [0, 0.1) is 19.8 Å². The van der Waals surface area contributed by atoms with E-state index in [-0.39, 0.29) is 17.7 Å². The highest BCUT2D eigenvalue weighted by atomic mass is 16.2. The molecule has 0 aliphatic carbocycles. The minimum atomic E-state index is -0.0621. The van der Waals surface area contributed by atoms with Crippen LogP contribution in [0.2, 0.25) is 0 Å². The fourth-order valence-corrected chi connectivity index (χ4v) is 4.13. The lowest BCUT2D eigenvalue weighted by Crippen LogP contribution is -2.40. The highest BCUT2D eigenvalue weighted by Gasteiger charge is 2.26. The van der Waals surface area contributed by atoms with Gasteiger partial charge in [0.2, 0.25) is 5.91 Å². The van der Waals surface area contributed by atoms with Crippen LogP contribution in [0.4, 0.5) is 0 Å². The van der Waals surface area contributed by atoms with Gasteiger partial charge in [-0.25, -0.2) is 4.98 Å². The Morgan fingerprint density at radius 3 is 2.52 bits per heavy atom. The molecule has 0 N–H and O–H groups in total. The quantitative estimate of drug-likeness (QED) is 0.732. The van der Waals surface area contributed by atoms with Gasteiger partial charge in [0.05, 0.1) is 23.6 Å². The van der Waals surface area contributed by atoms with Crippen molar-refractivity contribution in [2.75, 3.05) is 13.1 Å². The van der Waals surface area contributed by atoms with Crippen molar-refractivity contribution in [3.05, 3.63) is 35.7 Å². The number of aryl methyl sites for hydroxylation is 1. The first-order valence-electron chi connectivity index (χ1n) is 9.67. The molecule has 0 aromatic carbocycles. The van der Waals surface area contributed by atoms with Crippen LogP contribution in [0.5, 0.6) is 0 Å². The Kier molecular flexibility index (Phi) is 5.77. The maximum absolute atomic E-state index is 12.7. The van der Waals surface area contributed by atoms with Crippen LogP contribution in [0.15, 0.2) is 18.7 Å². The number of amides is 1. The summed E-state index contributed by atoms with van der Waals surface area (Å²) in [6.45, 7) is 9.89. The average Bonchev–Trinajstić information content (AvgIpc) is 3.22. The van der Waals surface area contributed by atoms with E-state index in [1.54, 1.807) is 13.1 Å². The molecule has 2 aromatic rings. The van der Waals surface area contributed by atoms with Crippen molar-refractivity contribution in [1.29, 1.82) is 0 Å². The van der Waals surface area contributed by atoms with Gasteiger partial charge in [-0.1, -0.05) is 0 Å². The van der Waals surface area contributed by atoms with E-state index >= 15 is 0 Å². The van der Waals surface area contributed by atoms with Gasteiger partial charge < -0.3 is 9.47 Å². The van der Waals surface area contributed by atoms with Gasteiger partial charge in [0.1, 0.15) is 0 Å². The Morgan fingerprint density at radius 2 is 1.96 bits per heavy atom. The molecular formula is C20H29N5O2. The van der Waals surface area contributed by atoms with Gasteiger partial charge in [-0.3, -0.25) is 14.3 Å². The first-order valence-corrected chi connectivity index (χ1v) is 9.67. The zero-order chi connectivity index (χ0) is 19.6. The molecule has 7 nitrogen and oxygen atoms in total. The predicted octanol–water partition coefficient (Wildman–Crippen LogP) is 2.79. The molecule has 1 fully saturated rings. The molecule has 2 aromatic heterocycles. The van der Waals surface area contributed by atoms with Gasteiger partial charge in [-0.05, 0) is 46.5 Å². The molecule has 0 bridgehead atoms. The molecule has 0 saturated carbocycles. The Balaban J connectivity index is 1.55. The summed E-state index contributed by atoms with van der Waals surface area (Å²) in [7, 11) is 0. The zero-order valence-corrected chi connectivity index (χ0v) is 16.7. The van der Waals surface area contributed by atoms with E-state index in [4.69, 9.17) is 0 Å². The van der Waals surface area contributed by atoms with E-state index in [0.717, 1.165) is 43.9 Å². The number of ketones is 1. The molecule has 0 radical (unpaired) electrons. The third-order valence-electron chi connectivity index (χ3n) is 5.56. The Bertz CT molecular complexity index is 801. The normalized spacial score (nSPS) is 16.5. The summed E-state index contributed by atoms with van der Waals surface area (Å²) in [6.07, 6.45) is 8.09. The van der Waals surface area contributed by atoms with Gasteiger partial charge in [0, 0.05) is 44.1 Å². The number of piperidine rings is 1. The number of imidazole rings is 1. The van der Waals surface area contributed by atoms with Crippen molar-refractivity contribution >= 4 is 11.7 Å². The maximum Gasteiger partial charge on any atom is 0.224 e. The lowest BCUT2D eigenvalue weighted by molar-refractivity contribution is -0.133. The molecule has 1 atom stereocenters. The fraction of sp³-hybridized carbons (Fsp3) is 0.600. The Labute approximate surface area is 160 Å². The van der Waals surface area contributed by atoms with Crippen molar-refractivity contribution in [3.8, 4) is 0 Å². The van der Waals surface area contributed by atoms with E-state index in [1.165, 1.54) is 0 Å². The van der Waals surface area contributed by atoms with E-state index < -0.39 is 0 Å². The number of carbonyl (C=O) groups excluding carboxylic acids is 2. The summed E-state index contributed by atoms with van der Waals surface area (Å²) in [4.78, 5) is 30.6. The third kappa shape index (κ3) is 4.28. The number of nitrogens with zero attached hydrogens (tertiary/aromatic N) is 5. The molecule has 1 amide bonds. The number of rotatable bonds is 6. The van der Waals surface area contributed by atoms with Crippen LogP contribution in [0.3, 0.4) is 0 Å². The van der Waals surface area contributed by atoms with Crippen molar-refractivity contribution in [1.82, 2.24) is 24.2 Å². The van der Waals surface area contributed by atoms with Crippen molar-refractivity contribution in [2.24, 2.45) is 5.92 Å². The fourth-order valence-electron chi connectivity index (χ4n) is 4.13. The first kappa shape index (κ1) is 19.3. The molecule has 146 valence electrons. The summed E-state index contributed by atoms with van der Waals surface area (Å²) < 4.78 is 3.94. The van der Waals surface area contributed by atoms with Gasteiger partial charge in [0.25, 0.3) is 0 Å². The molecule has 3 rings (SSSR count). The standard InChI is InChI=1S/C20H29N5O2/c1-14(25-16(3)20(17(4)26)15(2)22-25)11-19(27)24-8-5-18(6-9-24)12-23-10-7-21-13-23/h7,10,13-14,18H,5-6,8-9,11-12H2,1-4H3/t14-/m0/s1. The van der Waals surface area contributed by atoms with Gasteiger partial charge in [-0.15, -0.1) is 0 Å². The summed E-state index contributed by atoms with van der Waals surface area (Å²) in [5, 5.41) is 4.50. The summed E-state index contributed by atoms with van der Waals surface area (Å²) >= 11 is 0. The second-order valence-corrected chi connectivity index (χ2v) is 7.68. The van der Waals surface area contributed by atoms with Crippen molar-refractivity contribution in [3.63, 3.8) is 0 Å². The van der Waals surface area contributed by atoms with Crippen LogP contribution in [0.1, 0.15) is 60.9 Å². The number of aromatic nitrogens is 4. The van der Waals surface area contributed by atoms with Crippen molar-refractivity contribution in [2.45, 2.75) is 59.5 Å². The van der Waals surface area contributed by atoms with Crippen molar-refractivity contribution < 1.29 is 9.59 Å². The predicted molar refractivity (Wildman–Crippen MR) is 103 cm³/mol. The lowest BCUT2D eigenvalue weighted by atomic mass is 9.96. The van der Waals surface area contributed by atoms with E-state index in [9.17, 15) is 9.59 Å². The third-order valence-corrected chi connectivity index (χ3v) is 5.56. The molecule has 1 aliphatic rings. The SMILES string of the molecule is CC(=O)c1c(C)nn([C@@H](C)CC(=O)N2CCC(Cn3ccnc3)CC2)c1C.